The van der Waals surface area contributed by atoms with Crippen molar-refractivity contribution in [3.05, 3.63) is 76.2 Å². The maximum Gasteiger partial charge on any atom is 0.339 e. The van der Waals surface area contributed by atoms with Crippen molar-refractivity contribution in [3.8, 4) is 0 Å². The molecular formula is C29H34N2O4SSi. The summed E-state index contributed by atoms with van der Waals surface area (Å²) in [5.74, 6) is -0.457. The number of rotatable bonds is 4. The highest BCUT2D eigenvalue weighted by atomic mass is 32.2. The number of benzene rings is 2. The summed E-state index contributed by atoms with van der Waals surface area (Å²) in [6.07, 6.45) is 1.34. The van der Waals surface area contributed by atoms with Crippen LogP contribution in [0.25, 0.3) is 5.57 Å². The fourth-order valence-corrected chi connectivity index (χ4v) is 6.78. The molecule has 2 aromatic carbocycles. The van der Waals surface area contributed by atoms with Crippen LogP contribution >= 0.6 is 11.8 Å². The number of amides is 1. The van der Waals surface area contributed by atoms with Crippen LogP contribution in [0.2, 0.25) is 18.1 Å². The van der Waals surface area contributed by atoms with Gasteiger partial charge in [-0.15, -0.1) is 0 Å². The van der Waals surface area contributed by atoms with Crippen molar-refractivity contribution in [2.45, 2.75) is 57.3 Å². The van der Waals surface area contributed by atoms with Crippen LogP contribution < -0.4 is 0 Å². The number of carbonyl (C=O) groups excluding carboxylic acids is 2. The first-order chi connectivity index (χ1) is 17.5. The van der Waals surface area contributed by atoms with Gasteiger partial charge in [-0.1, -0.05) is 69.3 Å². The fraction of sp³-hybridized carbons (Fsp3) is 0.414. The van der Waals surface area contributed by atoms with Crippen molar-refractivity contribution in [2.75, 3.05) is 19.7 Å². The van der Waals surface area contributed by atoms with E-state index in [1.807, 2.05) is 54.6 Å². The molecule has 2 aromatic rings. The number of esters is 1. The molecule has 1 spiro atoms. The Morgan fingerprint density at radius 2 is 1.70 bits per heavy atom. The summed E-state index contributed by atoms with van der Waals surface area (Å²) in [5, 5.41) is 0.785. The van der Waals surface area contributed by atoms with E-state index in [-0.39, 0.29) is 16.9 Å². The second-order valence-electron chi connectivity index (χ2n) is 11.4. The molecule has 6 nitrogen and oxygen atoms in total. The second kappa shape index (κ2) is 9.56. The summed E-state index contributed by atoms with van der Waals surface area (Å²) in [6.45, 7) is 12.8. The summed E-state index contributed by atoms with van der Waals surface area (Å²) in [6, 6.07) is 17.7. The van der Waals surface area contributed by atoms with Gasteiger partial charge in [0.25, 0.3) is 5.91 Å². The predicted octanol–water partition coefficient (Wildman–Crippen LogP) is 6.21. The predicted molar refractivity (Wildman–Crippen MR) is 151 cm³/mol. The number of ether oxygens (including phenoxy) is 1. The Morgan fingerprint density at radius 1 is 1.05 bits per heavy atom. The Labute approximate surface area is 224 Å². The maximum absolute atomic E-state index is 13.2. The molecule has 0 aliphatic carbocycles. The zero-order chi connectivity index (χ0) is 26.4. The van der Waals surface area contributed by atoms with E-state index in [1.54, 1.807) is 0 Å². The Balaban J connectivity index is 1.35. The van der Waals surface area contributed by atoms with E-state index >= 15 is 0 Å². The van der Waals surface area contributed by atoms with Gasteiger partial charge in [-0.25, -0.2) is 4.79 Å². The van der Waals surface area contributed by atoms with E-state index in [9.17, 15) is 9.59 Å². The van der Waals surface area contributed by atoms with Crippen molar-refractivity contribution < 1.29 is 18.8 Å². The highest BCUT2D eigenvalue weighted by Crippen LogP contribution is 2.45. The normalized spacial score (nSPS) is 20.7. The SMILES string of the molecule is CC(C)(C)[Si](C)(C)OC/C(=C1/SC(N2CCC3(CC2)OC(=O)c2ccccc23)=NC1=O)c1ccccc1. The molecule has 37 heavy (non-hydrogen) atoms. The van der Waals surface area contributed by atoms with Gasteiger partial charge in [0, 0.05) is 37.1 Å². The topological polar surface area (TPSA) is 68.2 Å². The largest absolute Gasteiger partial charge is 0.450 e. The van der Waals surface area contributed by atoms with E-state index in [1.165, 1.54) is 11.8 Å². The highest BCUT2D eigenvalue weighted by molar-refractivity contribution is 8.18. The van der Waals surface area contributed by atoms with Crippen LogP contribution in [0.3, 0.4) is 0 Å². The third-order valence-electron chi connectivity index (χ3n) is 8.13. The van der Waals surface area contributed by atoms with Crippen molar-refractivity contribution in [3.63, 3.8) is 0 Å². The second-order valence-corrected chi connectivity index (χ2v) is 17.2. The average molecular weight is 535 g/mol. The molecule has 3 aliphatic heterocycles. The van der Waals surface area contributed by atoms with Crippen LogP contribution in [-0.2, 0) is 19.6 Å². The molecular weight excluding hydrogens is 500 g/mol. The first kappa shape index (κ1) is 25.9. The van der Waals surface area contributed by atoms with Gasteiger partial charge < -0.3 is 14.1 Å². The van der Waals surface area contributed by atoms with Gasteiger partial charge in [-0.3, -0.25) is 4.79 Å². The summed E-state index contributed by atoms with van der Waals surface area (Å²) in [5.41, 5.74) is 2.94. The number of carbonyl (C=O) groups is 2. The lowest BCUT2D eigenvalue weighted by molar-refractivity contribution is -0.113. The molecule has 1 saturated heterocycles. The van der Waals surface area contributed by atoms with Crippen LogP contribution in [0.5, 0.6) is 0 Å². The molecule has 8 heteroatoms. The number of thioether (sulfide) groups is 1. The van der Waals surface area contributed by atoms with Crippen LogP contribution in [0.1, 0.15) is 55.1 Å². The van der Waals surface area contributed by atoms with E-state index in [4.69, 9.17) is 9.16 Å². The van der Waals surface area contributed by atoms with Crippen LogP contribution in [0, 0.1) is 0 Å². The lowest BCUT2D eigenvalue weighted by Crippen LogP contribution is -2.44. The Bertz CT molecular complexity index is 1290. The molecule has 0 bridgehead atoms. The summed E-state index contributed by atoms with van der Waals surface area (Å²) in [4.78, 5) is 32.9. The van der Waals surface area contributed by atoms with Gasteiger partial charge in [-0.2, -0.15) is 4.99 Å². The minimum atomic E-state index is -2.02. The number of amidine groups is 1. The van der Waals surface area contributed by atoms with Gasteiger partial charge in [0.2, 0.25) is 0 Å². The van der Waals surface area contributed by atoms with Gasteiger partial charge >= 0.3 is 5.97 Å². The third kappa shape index (κ3) is 4.82. The van der Waals surface area contributed by atoms with Crippen molar-refractivity contribution in [1.82, 2.24) is 4.90 Å². The number of piperidine rings is 1. The van der Waals surface area contributed by atoms with Crippen LogP contribution in [0.15, 0.2) is 64.5 Å². The van der Waals surface area contributed by atoms with Gasteiger partial charge in [-0.05, 0) is 41.5 Å². The lowest BCUT2D eigenvalue weighted by Gasteiger charge is -2.39. The molecule has 0 N–H and O–H groups in total. The molecule has 3 aliphatic rings. The number of hydrogen-bond acceptors (Lipinski definition) is 6. The zero-order valence-corrected chi connectivity index (χ0v) is 24.0. The maximum atomic E-state index is 13.2. The lowest BCUT2D eigenvalue weighted by atomic mass is 9.84. The summed E-state index contributed by atoms with van der Waals surface area (Å²) in [7, 11) is -2.02. The molecule has 3 heterocycles. The van der Waals surface area contributed by atoms with E-state index in [0.717, 1.165) is 16.7 Å². The quantitative estimate of drug-likeness (QED) is 0.264. The monoisotopic (exact) mass is 534 g/mol. The number of aliphatic imine (C=N–C) groups is 1. The first-order valence-corrected chi connectivity index (χ1v) is 16.5. The number of likely N-dealkylation sites (tertiary alicyclic amines) is 1. The molecule has 1 fully saturated rings. The van der Waals surface area contributed by atoms with Crippen LogP contribution in [0.4, 0.5) is 0 Å². The molecule has 1 amide bonds. The van der Waals surface area contributed by atoms with Crippen LogP contribution in [-0.4, -0.2) is 50.0 Å². The minimum absolute atomic E-state index is 0.0695. The Morgan fingerprint density at radius 3 is 2.38 bits per heavy atom. The summed E-state index contributed by atoms with van der Waals surface area (Å²) >= 11 is 1.44. The molecule has 5 rings (SSSR count). The minimum Gasteiger partial charge on any atom is -0.450 e. The molecule has 0 unspecified atom stereocenters. The number of nitrogens with zero attached hydrogens (tertiary/aromatic N) is 2. The standard InChI is InChI=1S/C29H34N2O4SSi/c1-28(2,3)37(4,5)34-19-22(20-11-7-6-8-12-20)24-25(32)30-27(36-24)31-17-15-29(16-18-31)23-14-10-9-13-21(23)26(33)35-29/h6-14H,15-19H2,1-5H3/b24-22-. The Kier molecular flexibility index (Phi) is 6.71. The van der Waals surface area contributed by atoms with Gasteiger partial charge in [0.15, 0.2) is 13.5 Å². The number of fused-ring (bicyclic) bond motifs is 2. The zero-order valence-electron chi connectivity index (χ0n) is 22.2. The Hall–Kier alpha value is -2.68. The molecule has 0 radical (unpaired) electrons. The van der Waals surface area contributed by atoms with Crippen molar-refractivity contribution in [2.24, 2.45) is 4.99 Å². The molecule has 0 atom stereocenters. The fourth-order valence-electron chi connectivity index (χ4n) is 4.79. The van der Waals surface area contributed by atoms with Gasteiger partial charge in [0.05, 0.1) is 17.1 Å². The van der Waals surface area contributed by atoms with Crippen molar-refractivity contribution >= 4 is 42.7 Å². The van der Waals surface area contributed by atoms with Crippen molar-refractivity contribution in [1.29, 1.82) is 0 Å². The highest BCUT2D eigenvalue weighted by Gasteiger charge is 2.48. The van der Waals surface area contributed by atoms with E-state index < -0.39 is 13.9 Å². The van der Waals surface area contributed by atoms with E-state index in [2.05, 4.69) is 43.8 Å². The van der Waals surface area contributed by atoms with E-state index in [0.29, 0.717) is 48.2 Å². The average Bonchev–Trinajstić information content (AvgIpc) is 3.37. The smallest absolute Gasteiger partial charge is 0.339 e. The molecule has 0 saturated carbocycles. The first-order valence-electron chi connectivity index (χ1n) is 12.8. The number of hydrogen-bond donors (Lipinski definition) is 0. The van der Waals surface area contributed by atoms with Gasteiger partial charge in [0.1, 0.15) is 5.60 Å². The molecule has 0 aromatic heterocycles. The summed E-state index contributed by atoms with van der Waals surface area (Å²) < 4.78 is 12.5. The third-order valence-corrected chi connectivity index (χ3v) is 13.8. The molecule has 194 valence electrons.